The lowest BCUT2D eigenvalue weighted by molar-refractivity contribution is -0.132. The zero-order valence-electron chi connectivity index (χ0n) is 24.4. The Morgan fingerprint density at radius 2 is 2.07 bits per heavy atom. The number of aryl methyl sites for hydroxylation is 2. The molecule has 0 spiro atoms. The van der Waals surface area contributed by atoms with Gasteiger partial charge >= 0.3 is 0 Å². The lowest BCUT2D eigenvalue weighted by Gasteiger charge is -2.23. The summed E-state index contributed by atoms with van der Waals surface area (Å²) in [6.07, 6.45) is 11.0. The van der Waals surface area contributed by atoms with Crippen molar-refractivity contribution in [1.82, 2.24) is 24.8 Å². The minimum absolute atomic E-state index is 0.0411. The van der Waals surface area contributed by atoms with Gasteiger partial charge in [0, 0.05) is 59.5 Å². The van der Waals surface area contributed by atoms with Crippen LogP contribution in [0.25, 0.3) is 11.1 Å². The quantitative estimate of drug-likeness (QED) is 0.412. The molecule has 1 saturated carbocycles. The number of nitrogen functional groups attached to an aromatic ring is 1. The van der Waals surface area contributed by atoms with Gasteiger partial charge in [0.05, 0.1) is 19.2 Å². The molecular weight excluding hydrogens is 519 g/mol. The summed E-state index contributed by atoms with van der Waals surface area (Å²) in [5.41, 5.74) is 12.2. The van der Waals surface area contributed by atoms with Gasteiger partial charge in [-0.2, -0.15) is 0 Å². The molecule has 3 aliphatic rings. The topological polar surface area (TPSA) is 97.5 Å². The molecule has 1 unspecified atom stereocenters. The van der Waals surface area contributed by atoms with Crippen molar-refractivity contribution in [2.24, 2.45) is 5.41 Å². The second-order valence-corrected chi connectivity index (χ2v) is 12.1. The van der Waals surface area contributed by atoms with Gasteiger partial charge in [0.1, 0.15) is 11.6 Å². The summed E-state index contributed by atoms with van der Waals surface area (Å²) < 4.78 is 19.7. The number of amides is 1. The van der Waals surface area contributed by atoms with Crippen LogP contribution < -0.4 is 10.5 Å². The average molecular weight is 559 g/mol. The minimum Gasteiger partial charge on any atom is -0.481 e. The van der Waals surface area contributed by atoms with Crippen molar-refractivity contribution < 1.29 is 13.9 Å². The summed E-state index contributed by atoms with van der Waals surface area (Å²) in [5, 5.41) is 0. The molecular formula is C32H39FN6O2. The zero-order valence-corrected chi connectivity index (χ0v) is 24.4. The summed E-state index contributed by atoms with van der Waals surface area (Å²) in [4.78, 5) is 31.0. The Bertz CT molecular complexity index is 1480. The van der Waals surface area contributed by atoms with Crippen LogP contribution >= 0.6 is 0 Å². The normalized spacial score (nSPS) is 24.4. The molecule has 3 aromatic rings. The molecule has 41 heavy (non-hydrogen) atoms. The maximum Gasteiger partial charge on any atom is 0.230 e. The van der Waals surface area contributed by atoms with E-state index >= 15 is 0 Å². The number of halogens is 1. The molecule has 0 radical (unpaired) electrons. The van der Waals surface area contributed by atoms with Gasteiger partial charge in [-0.05, 0) is 94.6 Å². The van der Waals surface area contributed by atoms with E-state index < -0.39 is 11.7 Å². The maximum absolute atomic E-state index is 14.5. The number of pyridine rings is 3. The number of rotatable bonds is 8. The van der Waals surface area contributed by atoms with Gasteiger partial charge in [-0.25, -0.2) is 14.4 Å². The zero-order chi connectivity index (χ0) is 28.9. The molecule has 1 aliphatic carbocycles. The van der Waals surface area contributed by atoms with Gasteiger partial charge in [0.25, 0.3) is 0 Å². The molecule has 2 N–H and O–H groups in total. The number of nitrogens with two attached hydrogens (primary N) is 1. The number of anilines is 1. The van der Waals surface area contributed by atoms with Gasteiger partial charge in [-0.3, -0.25) is 14.7 Å². The fourth-order valence-corrected chi connectivity index (χ4v) is 7.11. The molecule has 0 aromatic carbocycles. The van der Waals surface area contributed by atoms with Gasteiger partial charge in [-0.15, -0.1) is 0 Å². The average Bonchev–Trinajstić information content (AvgIpc) is 3.30. The number of hydrogen-bond donors (Lipinski definition) is 1. The van der Waals surface area contributed by atoms with Gasteiger partial charge in [0.15, 0.2) is 0 Å². The molecule has 3 fully saturated rings. The third-order valence-corrected chi connectivity index (χ3v) is 9.76. The maximum atomic E-state index is 14.5. The fourth-order valence-electron chi connectivity index (χ4n) is 7.11. The third kappa shape index (κ3) is 5.05. The molecule has 8 nitrogen and oxygen atoms in total. The second-order valence-electron chi connectivity index (χ2n) is 12.1. The molecule has 5 heterocycles. The number of carbonyl (C=O) groups is 1. The van der Waals surface area contributed by atoms with Crippen LogP contribution in [0.15, 0.2) is 36.8 Å². The highest BCUT2D eigenvalue weighted by Gasteiger charge is 2.61. The van der Waals surface area contributed by atoms with Crippen LogP contribution in [0.3, 0.4) is 0 Å². The Hall–Kier alpha value is -3.59. The number of ether oxygens (including phenoxy) is 1. The van der Waals surface area contributed by atoms with E-state index in [4.69, 9.17) is 15.5 Å². The first-order valence-corrected chi connectivity index (χ1v) is 14.6. The number of likely N-dealkylation sites (tertiary alicyclic amines) is 2. The number of aromatic nitrogens is 3. The van der Waals surface area contributed by atoms with Crippen molar-refractivity contribution in [2.45, 2.75) is 70.4 Å². The van der Waals surface area contributed by atoms with E-state index in [9.17, 15) is 9.18 Å². The molecule has 1 amide bonds. The lowest BCUT2D eigenvalue weighted by Crippen LogP contribution is -2.34. The minimum atomic E-state index is -0.601. The lowest BCUT2D eigenvalue weighted by atomic mass is 9.93. The molecule has 3 aromatic heterocycles. The predicted molar refractivity (Wildman–Crippen MR) is 156 cm³/mol. The Morgan fingerprint density at radius 1 is 1.24 bits per heavy atom. The third-order valence-electron chi connectivity index (χ3n) is 9.76. The van der Waals surface area contributed by atoms with Crippen LogP contribution in [0, 0.1) is 18.2 Å². The van der Waals surface area contributed by atoms with E-state index in [2.05, 4.69) is 34.0 Å². The number of fused-ring (bicyclic) bond motifs is 1. The van der Waals surface area contributed by atoms with Crippen LogP contribution in [0.2, 0.25) is 0 Å². The molecule has 6 rings (SSSR count). The highest BCUT2D eigenvalue weighted by atomic mass is 19.1. The predicted octanol–water partition coefficient (Wildman–Crippen LogP) is 5.07. The standard InChI is InChI=1S/C32H39FN6O2/c1-19(24-14-29(41-4)36-18-26(24)33)31(40)39-11-9-32(15-28(32)39)8-7-21-13-25(20(2)37-30(21)34)22-12-23(17-35-16-22)27-6-5-10-38(27)3/h12-14,16-19,27-28H,5-11,15H2,1-4H3,(H2,34,37)/t19-,27+,28?,32-/m1/s1. The number of methoxy groups -OCH3 is 1. The van der Waals surface area contributed by atoms with Crippen LogP contribution in [-0.4, -0.2) is 63.9 Å². The highest BCUT2D eigenvalue weighted by Crippen LogP contribution is 2.60. The van der Waals surface area contributed by atoms with Crippen molar-refractivity contribution in [2.75, 3.05) is 33.0 Å². The van der Waals surface area contributed by atoms with Crippen LogP contribution in [0.5, 0.6) is 5.88 Å². The van der Waals surface area contributed by atoms with Crippen LogP contribution in [0.1, 0.15) is 73.4 Å². The highest BCUT2D eigenvalue weighted by molar-refractivity contribution is 5.84. The SMILES string of the molecule is COc1cc([C@@H](C)C(=O)N2CC[C@]3(CCc4cc(-c5cncc([C@@H]6CCCN6C)c5)c(C)nc4N)CC23)c(F)cn1. The Labute approximate surface area is 241 Å². The van der Waals surface area contributed by atoms with Crippen LogP contribution in [-0.2, 0) is 11.2 Å². The van der Waals surface area contributed by atoms with E-state index in [0.717, 1.165) is 67.2 Å². The van der Waals surface area contributed by atoms with E-state index in [-0.39, 0.29) is 17.4 Å². The van der Waals surface area contributed by atoms with Gasteiger partial charge < -0.3 is 15.4 Å². The molecule has 216 valence electrons. The summed E-state index contributed by atoms with van der Waals surface area (Å²) in [5.74, 6) is -0.250. The Kier molecular flexibility index (Phi) is 7.18. The molecule has 0 bridgehead atoms. The number of hydrogen-bond acceptors (Lipinski definition) is 7. The van der Waals surface area contributed by atoms with Gasteiger partial charge in [-0.1, -0.05) is 0 Å². The van der Waals surface area contributed by atoms with E-state index in [0.29, 0.717) is 29.8 Å². The summed E-state index contributed by atoms with van der Waals surface area (Å²) >= 11 is 0. The number of piperidine rings is 1. The first-order chi connectivity index (χ1) is 19.7. The van der Waals surface area contributed by atoms with Crippen molar-refractivity contribution >= 4 is 11.7 Å². The second kappa shape index (κ2) is 10.7. The van der Waals surface area contributed by atoms with E-state index in [1.54, 1.807) is 6.92 Å². The van der Waals surface area contributed by atoms with Crippen LogP contribution in [0.4, 0.5) is 10.2 Å². The molecule has 4 atom stereocenters. The van der Waals surface area contributed by atoms with E-state index in [1.165, 1.54) is 25.2 Å². The first-order valence-electron chi connectivity index (χ1n) is 14.6. The van der Waals surface area contributed by atoms with Gasteiger partial charge in [0.2, 0.25) is 11.8 Å². The number of nitrogens with zero attached hydrogens (tertiary/aromatic N) is 5. The molecule has 9 heteroatoms. The summed E-state index contributed by atoms with van der Waals surface area (Å²) in [7, 11) is 3.66. The smallest absolute Gasteiger partial charge is 0.230 e. The Balaban J connectivity index is 1.15. The number of carbonyl (C=O) groups excluding carboxylic acids is 1. The molecule has 2 saturated heterocycles. The molecule has 2 aliphatic heterocycles. The van der Waals surface area contributed by atoms with Crippen molar-refractivity contribution in [3.63, 3.8) is 0 Å². The summed E-state index contributed by atoms with van der Waals surface area (Å²) in [6, 6.07) is 6.55. The fraction of sp³-hybridized carbons (Fsp3) is 0.500. The Morgan fingerprint density at radius 3 is 2.80 bits per heavy atom. The first kappa shape index (κ1) is 27.6. The van der Waals surface area contributed by atoms with Crippen molar-refractivity contribution in [3.8, 4) is 17.0 Å². The summed E-state index contributed by atoms with van der Waals surface area (Å²) in [6.45, 7) is 5.57. The largest absolute Gasteiger partial charge is 0.481 e. The van der Waals surface area contributed by atoms with Crippen molar-refractivity contribution in [1.29, 1.82) is 0 Å². The van der Waals surface area contributed by atoms with Crippen molar-refractivity contribution in [3.05, 3.63) is 65.0 Å². The van der Waals surface area contributed by atoms with E-state index in [1.807, 2.05) is 24.2 Å². The monoisotopic (exact) mass is 558 g/mol.